The average molecular weight is 356 g/mol. The minimum atomic E-state index is -1.70. The van der Waals surface area contributed by atoms with E-state index < -0.39 is 19.8 Å². The molecule has 1 aliphatic carbocycles. The molecule has 0 saturated heterocycles. The zero-order valence-corrected chi connectivity index (χ0v) is 14.2. The summed E-state index contributed by atoms with van der Waals surface area (Å²) in [7, 11) is 0. The molecule has 2 aromatic rings. The van der Waals surface area contributed by atoms with Gasteiger partial charge < -0.3 is 0 Å². The third-order valence-corrected chi connectivity index (χ3v) is 13.6. The van der Waals surface area contributed by atoms with Gasteiger partial charge in [0.2, 0.25) is 0 Å². The summed E-state index contributed by atoms with van der Waals surface area (Å²) in [5, 5.41) is 0. The summed E-state index contributed by atoms with van der Waals surface area (Å²) in [4.78, 5) is 0. The van der Waals surface area contributed by atoms with Crippen LogP contribution >= 0.6 is 0 Å². The molecule has 96 valence electrons. The molecular weight excluding hydrogens is 335 g/mol. The summed E-state index contributed by atoms with van der Waals surface area (Å²) in [6.45, 7) is 0. The van der Waals surface area contributed by atoms with Gasteiger partial charge in [-0.3, -0.25) is 0 Å². The molecule has 0 aromatic heterocycles. The Balaban J connectivity index is 1.96. The van der Waals surface area contributed by atoms with Gasteiger partial charge in [-0.2, -0.15) is 0 Å². The van der Waals surface area contributed by atoms with Crippen LogP contribution in [0.4, 0.5) is 0 Å². The van der Waals surface area contributed by atoms with Gasteiger partial charge in [0.1, 0.15) is 0 Å². The van der Waals surface area contributed by atoms with Crippen LogP contribution in [0.1, 0.15) is 32.1 Å². The SMILES string of the molecule is c1cc[c]([Sn+]([c]2ccccc2)[CH]2CCCCC2)cc1. The Morgan fingerprint density at radius 2 is 1.11 bits per heavy atom. The van der Waals surface area contributed by atoms with E-state index in [1.807, 2.05) is 0 Å². The van der Waals surface area contributed by atoms with Crippen molar-refractivity contribution in [3.05, 3.63) is 60.7 Å². The second-order valence-corrected chi connectivity index (χ2v) is 13.5. The van der Waals surface area contributed by atoms with Gasteiger partial charge in [-0.15, -0.1) is 0 Å². The van der Waals surface area contributed by atoms with Crippen LogP contribution in [-0.2, 0) is 0 Å². The fourth-order valence-corrected chi connectivity index (χ4v) is 12.9. The van der Waals surface area contributed by atoms with Crippen LogP contribution in [0, 0.1) is 0 Å². The molecule has 0 nitrogen and oxygen atoms in total. The Morgan fingerprint density at radius 1 is 0.632 bits per heavy atom. The molecule has 0 unspecified atom stereocenters. The fourth-order valence-electron chi connectivity index (χ4n) is 3.26. The van der Waals surface area contributed by atoms with E-state index in [4.69, 9.17) is 0 Å². The molecule has 1 saturated carbocycles. The van der Waals surface area contributed by atoms with Gasteiger partial charge in [-0.05, 0) is 0 Å². The van der Waals surface area contributed by atoms with E-state index in [1.165, 1.54) is 32.1 Å². The monoisotopic (exact) mass is 357 g/mol. The molecule has 1 fully saturated rings. The summed E-state index contributed by atoms with van der Waals surface area (Å²) in [6.07, 6.45) is 7.30. The van der Waals surface area contributed by atoms with Gasteiger partial charge in [-0.25, -0.2) is 0 Å². The summed E-state index contributed by atoms with van der Waals surface area (Å²) >= 11 is -1.70. The summed E-state index contributed by atoms with van der Waals surface area (Å²) < 4.78 is 4.38. The first-order valence-corrected chi connectivity index (χ1v) is 11.9. The third-order valence-electron chi connectivity index (χ3n) is 4.18. The van der Waals surface area contributed by atoms with E-state index in [0.29, 0.717) is 0 Å². The molecule has 0 atom stereocenters. The second-order valence-electron chi connectivity index (χ2n) is 5.48. The van der Waals surface area contributed by atoms with E-state index in [-0.39, 0.29) is 0 Å². The predicted octanol–water partition coefficient (Wildman–Crippen LogP) is 3.63. The van der Waals surface area contributed by atoms with Crippen molar-refractivity contribution in [1.29, 1.82) is 0 Å². The normalized spacial score (nSPS) is 16.2. The van der Waals surface area contributed by atoms with E-state index in [1.54, 1.807) is 7.16 Å². The molecule has 0 spiro atoms. The molecule has 0 aliphatic heterocycles. The van der Waals surface area contributed by atoms with E-state index in [2.05, 4.69) is 60.7 Å². The molecule has 0 heterocycles. The number of hydrogen-bond acceptors (Lipinski definition) is 0. The van der Waals surface area contributed by atoms with Crippen molar-refractivity contribution in [3.8, 4) is 0 Å². The topological polar surface area (TPSA) is 0 Å². The van der Waals surface area contributed by atoms with Crippen molar-refractivity contribution < 1.29 is 0 Å². The van der Waals surface area contributed by atoms with Crippen LogP contribution in [0.15, 0.2) is 60.7 Å². The molecular formula is C18H21Sn+. The number of rotatable bonds is 3. The van der Waals surface area contributed by atoms with Crippen LogP contribution in [0.2, 0.25) is 3.93 Å². The number of benzene rings is 2. The first-order valence-electron chi connectivity index (χ1n) is 7.43. The Kier molecular flexibility index (Phi) is 4.60. The molecule has 3 rings (SSSR count). The fraction of sp³-hybridized carbons (Fsp3) is 0.333. The molecule has 1 aliphatic rings. The van der Waals surface area contributed by atoms with Gasteiger partial charge in [0, 0.05) is 0 Å². The predicted molar refractivity (Wildman–Crippen MR) is 84.7 cm³/mol. The van der Waals surface area contributed by atoms with Crippen molar-refractivity contribution in [2.75, 3.05) is 0 Å². The Bertz CT molecular complexity index is 446. The van der Waals surface area contributed by atoms with Gasteiger partial charge in [-0.1, -0.05) is 0 Å². The van der Waals surface area contributed by atoms with Gasteiger partial charge in [0.05, 0.1) is 0 Å². The first kappa shape index (κ1) is 13.2. The summed E-state index contributed by atoms with van der Waals surface area (Å²) in [5.74, 6) is 0. The van der Waals surface area contributed by atoms with Gasteiger partial charge >= 0.3 is 124 Å². The van der Waals surface area contributed by atoms with Crippen molar-refractivity contribution in [2.24, 2.45) is 0 Å². The standard InChI is InChI=1S/C6H11.2C6H5.Sn/c3*1-2-4-6-5-3-1;/h1H,2-6H2;2*1-5H;/q;;;+1. The minimum absolute atomic E-state index is 1.01. The molecule has 0 radical (unpaired) electrons. The quantitative estimate of drug-likeness (QED) is 0.737. The second kappa shape index (κ2) is 6.60. The van der Waals surface area contributed by atoms with Crippen molar-refractivity contribution in [3.63, 3.8) is 0 Å². The molecule has 2 aromatic carbocycles. The van der Waals surface area contributed by atoms with Crippen molar-refractivity contribution >= 4 is 26.9 Å². The zero-order chi connectivity index (χ0) is 12.9. The first-order chi connectivity index (χ1) is 9.45. The number of hydrogen-bond donors (Lipinski definition) is 0. The Morgan fingerprint density at radius 3 is 1.58 bits per heavy atom. The maximum absolute atomic E-state index is 2.39. The van der Waals surface area contributed by atoms with Crippen LogP contribution in [-0.4, -0.2) is 19.8 Å². The molecule has 0 amide bonds. The van der Waals surface area contributed by atoms with Crippen LogP contribution in [0.3, 0.4) is 0 Å². The summed E-state index contributed by atoms with van der Waals surface area (Å²) in [5.41, 5.74) is 0. The molecule has 0 N–H and O–H groups in total. The molecule has 1 heteroatoms. The van der Waals surface area contributed by atoms with Gasteiger partial charge in [0.15, 0.2) is 0 Å². The summed E-state index contributed by atoms with van der Waals surface area (Å²) in [6, 6.07) is 22.7. The van der Waals surface area contributed by atoms with Crippen LogP contribution < -0.4 is 7.16 Å². The molecule has 19 heavy (non-hydrogen) atoms. The van der Waals surface area contributed by atoms with Gasteiger partial charge in [0.25, 0.3) is 0 Å². The van der Waals surface area contributed by atoms with Crippen LogP contribution in [0.25, 0.3) is 0 Å². The van der Waals surface area contributed by atoms with Crippen molar-refractivity contribution in [2.45, 2.75) is 36.0 Å². The molecule has 0 bridgehead atoms. The van der Waals surface area contributed by atoms with Crippen molar-refractivity contribution in [1.82, 2.24) is 0 Å². The van der Waals surface area contributed by atoms with E-state index in [9.17, 15) is 0 Å². The third kappa shape index (κ3) is 3.22. The van der Waals surface area contributed by atoms with Crippen LogP contribution in [0.5, 0.6) is 0 Å². The Labute approximate surface area is 123 Å². The Hall–Kier alpha value is -0.761. The maximum atomic E-state index is 2.39. The van der Waals surface area contributed by atoms with E-state index in [0.717, 1.165) is 3.93 Å². The average Bonchev–Trinajstić information content (AvgIpc) is 2.51. The van der Waals surface area contributed by atoms with E-state index >= 15 is 0 Å². The zero-order valence-electron chi connectivity index (χ0n) is 11.4.